The van der Waals surface area contributed by atoms with Gasteiger partial charge in [-0.25, -0.2) is 4.98 Å². The van der Waals surface area contributed by atoms with Crippen LogP contribution in [-0.2, 0) is 6.18 Å². The Morgan fingerprint density at radius 2 is 1.78 bits per heavy atom. The molecule has 0 aliphatic heterocycles. The number of nitrogen functional groups attached to an aromatic ring is 1. The van der Waals surface area contributed by atoms with Gasteiger partial charge in [0, 0.05) is 11.1 Å². The molecule has 1 aromatic heterocycles. The highest BCUT2D eigenvalue weighted by molar-refractivity contribution is 5.94. The highest BCUT2D eigenvalue weighted by atomic mass is 19.4. The first-order chi connectivity index (χ1) is 10.9. The maximum absolute atomic E-state index is 13.1. The first kappa shape index (κ1) is 15.0. The van der Waals surface area contributed by atoms with Crippen molar-refractivity contribution in [3.8, 4) is 16.9 Å². The predicted molar refractivity (Wildman–Crippen MR) is 78.7 cm³/mol. The van der Waals surface area contributed by atoms with Crippen molar-refractivity contribution in [3.05, 3.63) is 42.0 Å². The summed E-state index contributed by atoms with van der Waals surface area (Å²) in [6.45, 7) is 0. The molecule has 0 saturated heterocycles. The van der Waals surface area contributed by atoms with E-state index in [9.17, 15) is 13.2 Å². The number of alkyl halides is 3. The zero-order valence-electron chi connectivity index (χ0n) is 11.9. The molecule has 0 amide bonds. The zero-order chi connectivity index (χ0) is 16.6. The van der Waals surface area contributed by atoms with Crippen LogP contribution >= 0.6 is 0 Å². The SMILES string of the molecule is COc1ccccc1-c1cc(C(F)(F)F)cc2nnc(N)nc12. The van der Waals surface area contributed by atoms with Crippen molar-refractivity contribution in [2.45, 2.75) is 6.18 Å². The highest BCUT2D eigenvalue weighted by Gasteiger charge is 2.32. The van der Waals surface area contributed by atoms with E-state index in [0.29, 0.717) is 11.3 Å². The topological polar surface area (TPSA) is 73.9 Å². The minimum Gasteiger partial charge on any atom is -0.496 e. The van der Waals surface area contributed by atoms with Gasteiger partial charge in [0.1, 0.15) is 16.8 Å². The molecular formula is C15H11F3N4O. The maximum atomic E-state index is 13.1. The van der Waals surface area contributed by atoms with E-state index >= 15 is 0 Å². The maximum Gasteiger partial charge on any atom is 0.416 e. The molecule has 3 aromatic rings. The van der Waals surface area contributed by atoms with Crippen LogP contribution in [0.1, 0.15) is 5.56 Å². The Kier molecular flexibility index (Phi) is 3.51. The van der Waals surface area contributed by atoms with Crippen molar-refractivity contribution >= 4 is 17.0 Å². The van der Waals surface area contributed by atoms with Gasteiger partial charge in [0.25, 0.3) is 0 Å². The van der Waals surface area contributed by atoms with E-state index in [1.807, 2.05) is 0 Å². The largest absolute Gasteiger partial charge is 0.496 e. The van der Waals surface area contributed by atoms with Gasteiger partial charge in [0.05, 0.1) is 12.7 Å². The van der Waals surface area contributed by atoms with Crippen LogP contribution in [0.4, 0.5) is 19.1 Å². The summed E-state index contributed by atoms with van der Waals surface area (Å²) < 4.78 is 44.7. The average molecular weight is 320 g/mol. The number of nitrogens with two attached hydrogens (primary N) is 1. The van der Waals surface area contributed by atoms with Gasteiger partial charge in [-0.15, -0.1) is 10.2 Å². The number of rotatable bonds is 2. The van der Waals surface area contributed by atoms with Gasteiger partial charge in [-0.2, -0.15) is 13.2 Å². The van der Waals surface area contributed by atoms with Gasteiger partial charge in [0.15, 0.2) is 0 Å². The lowest BCUT2D eigenvalue weighted by Crippen LogP contribution is -2.07. The number of methoxy groups -OCH3 is 1. The summed E-state index contributed by atoms with van der Waals surface area (Å²) >= 11 is 0. The number of halogens is 3. The summed E-state index contributed by atoms with van der Waals surface area (Å²) in [5.41, 5.74) is 5.62. The molecule has 23 heavy (non-hydrogen) atoms. The van der Waals surface area contributed by atoms with E-state index in [1.165, 1.54) is 7.11 Å². The van der Waals surface area contributed by atoms with Crippen molar-refractivity contribution < 1.29 is 17.9 Å². The summed E-state index contributed by atoms with van der Waals surface area (Å²) in [6.07, 6.45) is -4.52. The monoisotopic (exact) mass is 320 g/mol. The number of ether oxygens (including phenoxy) is 1. The van der Waals surface area contributed by atoms with Gasteiger partial charge in [0.2, 0.25) is 5.95 Å². The molecule has 0 fully saturated rings. The van der Waals surface area contributed by atoms with E-state index in [-0.39, 0.29) is 22.5 Å². The lowest BCUT2D eigenvalue weighted by atomic mass is 9.99. The molecule has 5 nitrogen and oxygen atoms in total. The summed E-state index contributed by atoms with van der Waals surface area (Å²) in [7, 11) is 1.44. The Balaban J connectivity index is 2.39. The number of benzene rings is 2. The summed E-state index contributed by atoms with van der Waals surface area (Å²) in [5.74, 6) is 0.304. The van der Waals surface area contributed by atoms with Crippen LogP contribution in [0.3, 0.4) is 0 Å². The minimum absolute atomic E-state index is 0.00920. The standard InChI is InChI=1S/C15H11F3N4O/c1-23-12-5-3-2-4-9(12)10-6-8(15(16,17)18)7-11-13(10)20-14(19)22-21-11/h2-7H,1H3,(H2,19,20,22). The smallest absolute Gasteiger partial charge is 0.416 e. The van der Waals surface area contributed by atoms with E-state index < -0.39 is 11.7 Å². The zero-order valence-corrected chi connectivity index (χ0v) is 11.9. The summed E-state index contributed by atoms with van der Waals surface area (Å²) in [6, 6.07) is 8.62. The first-order valence-corrected chi connectivity index (χ1v) is 6.54. The number of fused-ring (bicyclic) bond motifs is 1. The molecule has 0 unspecified atom stereocenters. The van der Waals surface area contributed by atoms with Gasteiger partial charge in [-0.1, -0.05) is 18.2 Å². The second-order valence-electron chi connectivity index (χ2n) is 4.76. The molecule has 0 saturated carbocycles. The average Bonchev–Trinajstić information content (AvgIpc) is 2.53. The Bertz CT molecular complexity index is 880. The van der Waals surface area contributed by atoms with Crippen LogP contribution in [0, 0.1) is 0 Å². The molecule has 0 aliphatic carbocycles. The molecule has 0 radical (unpaired) electrons. The second kappa shape index (κ2) is 5.38. The van der Waals surface area contributed by atoms with Crippen LogP contribution in [-0.4, -0.2) is 22.3 Å². The number of nitrogens with zero attached hydrogens (tertiary/aromatic N) is 3. The van der Waals surface area contributed by atoms with Gasteiger partial charge in [-0.3, -0.25) is 0 Å². The van der Waals surface area contributed by atoms with Crippen molar-refractivity contribution in [1.29, 1.82) is 0 Å². The molecule has 2 aromatic carbocycles. The third-order valence-corrected chi connectivity index (χ3v) is 3.30. The second-order valence-corrected chi connectivity index (χ2v) is 4.76. The number of hydrogen-bond acceptors (Lipinski definition) is 5. The molecule has 0 bridgehead atoms. The molecule has 8 heteroatoms. The van der Waals surface area contributed by atoms with Crippen molar-refractivity contribution in [2.75, 3.05) is 12.8 Å². The van der Waals surface area contributed by atoms with E-state index in [0.717, 1.165) is 12.1 Å². The predicted octanol–water partition coefficient (Wildman–Crippen LogP) is 3.30. The van der Waals surface area contributed by atoms with Crippen LogP contribution in [0.2, 0.25) is 0 Å². The number of para-hydroxylation sites is 1. The third kappa shape index (κ3) is 2.75. The fourth-order valence-electron chi connectivity index (χ4n) is 2.29. The van der Waals surface area contributed by atoms with Crippen molar-refractivity contribution in [1.82, 2.24) is 15.2 Å². The van der Waals surface area contributed by atoms with E-state index in [1.54, 1.807) is 24.3 Å². The Morgan fingerprint density at radius 3 is 2.48 bits per heavy atom. The normalized spacial score (nSPS) is 11.7. The summed E-state index contributed by atoms with van der Waals surface area (Å²) in [5, 5.41) is 7.24. The quantitative estimate of drug-likeness (QED) is 0.784. The Morgan fingerprint density at radius 1 is 1.04 bits per heavy atom. The van der Waals surface area contributed by atoms with Crippen molar-refractivity contribution in [2.24, 2.45) is 0 Å². The molecular weight excluding hydrogens is 309 g/mol. The number of hydrogen-bond donors (Lipinski definition) is 1. The Labute approximate surface area is 128 Å². The summed E-state index contributed by atoms with van der Waals surface area (Å²) in [4.78, 5) is 4.03. The fourth-order valence-corrected chi connectivity index (χ4v) is 2.29. The lowest BCUT2D eigenvalue weighted by molar-refractivity contribution is -0.137. The Hall–Kier alpha value is -2.90. The number of anilines is 1. The third-order valence-electron chi connectivity index (χ3n) is 3.30. The van der Waals surface area contributed by atoms with Crippen LogP contribution in [0.25, 0.3) is 22.2 Å². The van der Waals surface area contributed by atoms with Crippen LogP contribution < -0.4 is 10.5 Å². The number of aromatic nitrogens is 3. The first-order valence-electron chi connectivity index (χ1n) is 6.54. The minimum atomic E-state index is -4.52. The molecule has 2 N–H and O–H groups in total. The van der Waals surface area contributed by atoms with Crippen molar-refractivity contribution in [3.63, 3.8) is 0 Å². The fraction of sp³-hybridized carbons (Fsp3) is 0.133. The molecule has 0 aliphatic rings. The van der Waals surface area contributed by atoms with E-state index in [4.69, 9.17) is 10.5 Å². The molecule has 0 spiro atoms. The molecule has 1 heterocycles. The molecule has 0 atom stereocenters. The highest BCUT2D eigenvalue weighted by Crippen LogP contribution is 2.38. The van der Waals surface area contributed by atoms with E-state index in [2.05, 4.69) is 15.2 Å². The van der Waals surface area contributed by atoms with Crippen LogP contribution in [0.15, 0.2) is 36.4 Å². The lowest BCUT2D eigenvalue weighted by Gasteiger charge is -2.13. The van der Waals surface area contributed by atoms with Gasteiger partial charge >= 0.3 is 6.18 Å². The molecule has 118 valence electrons. The van der Waals surface area contributed by atoms with Crippen LogP contribution in [0.5, 0.6) is 5.75 Å². The molecule has 3 rings (SSSR count). The van der Waals surface area contributed by atoms with Gasteiger partial charge < -0.3 is 10.5 Å². The van der Waals surface area contributed by atoms with Gasteiger partial charge in [-0.05, 0) is 18.2 Å².